The lowest BCUT2D eigenvalue weighted by atomic mass is 9.86. The zero-order valence-electron chi connectivity index (χ0n) is 12.9. The summed E-state index contributed by atoms with van der Waals surface area (Å²) in [5.41, 5.74) is 6.10. The minimum atomic E-state index is -0.269. The van der Waals surface area contributed by atoms with Gasteiger partial charge in [0.1, 0.15) is 12.2 Å². The van der Waals surface area contributed by atoms with Crippen molar-refractivity contribution < 1.29 is 4.74 Å². The molecule has 0 aromatic carbocycles. The Morgan fingerprint density at radius 3 is 2.47 bits per heavy atom. The molecule has 0 aliphatic carbocycles. The van der Waals surface area contributed by atoms with Crippen molar-refractivity contribution in [3.8, 4) is 0 Å². The summed E-state index contributed by atoms with van der Waals surface area (Å²) in [5, 5.41) is 4.28. The van der Waals surface area contributed by atoms with E-state index in [9.17, 15) is 0 Å². The van der Waals surface area contributed by atoms with Crippen LogP contribution < -0.4 is 5.73 Å². The van der Waals surface area contributed by atoms with Crippen molar-refractivity contribution in [3.63, 3.8) is 0 Å². The van der Waals surface area contributed by atoms with Crippen LogP contribution in [0.3, 0.4) is 0 Å². The molecule has 2 N–H and O–H groups in total. The third kappa shape index (κ3) is 3.76. The van der Waals surface area contributed by atoms with E-state index >= 15 is 0 Å². The van der Waals surface area contributed by atoms with Crippen LogP contribution in [0.2, 0.25) is 0 Å². The Bertz CT molecular complexity index is 363. The summed E-state index contributed by atoms with van der Waals surface area (Å²) in [6, 6.07) is -0.0670. The number of nitrogens with zero attached hydrogens (tertiary/aromatic N) is 3. The molecule has 0 spiro atoms. The Morgan fingerprint density at radius 2 is 2.00 bits per heavy atom. The third-order valence-electron chi connectivity index (χ3n) is 3.92. The summed E-state index contributed by atoms with van der Waals surface area (Å²) >= 11 is 0. The van der Waals surface area contributed by atoms with Gasteiger partial charge >= 0.3 is 0 Å². The van der Waals surface area contributed by atoms with Crippen LogP contribution in [0, 0.1) is 5.92 Å². The highest BCUT2D eigenvalue weighted by Crippen LogP contribution is 2.24. The molecule has 5 heteroatoms. The molecule has 19 heavy (non-hydrogen) atoms. The fourth-order valence-corrected chi connectivity index (χ4v) is 2.54. The van der Waals surface area contributed by atoms with Crippen LogP contribution in [-0.4, -0.2) is 33.5 Å². The number of hydrogen-bond donors (Lipinski definition) is 1. The largest absolute Gasteiger partial charge is 0.377 e. The van der Waals surface area contributed by atoms with Crippen LogP contribution in [0.5, 0.6) is 0 Å². The molecule has 1 aromatic heterocycles. The van der Waals surface area contributed by atoms with Crippen molar-refractivity contribution in [2.45, 2.75) is 65.1 Å². The lowest BCUT2D eigenvalue weighted by molar-refractivity contribution is -0.0380. The van der Waals surface area contributed by atoms with Crippen molar-refractivity contribution in [2.24, 2.45) is 11.7 Å². The lowest BCUT2D eigenvalue weighted by Crippen LogP contribution is -2.50. The van der Waals surface area contributed by atoms with Crippen molar-refractivity contribution >= 4 is 0 Å². The highest BCUT2D eigenvalue weighted by atomic mass is 16.5. The number of nitrogens with two attached hydrogens (primary N) is 1. The minimum Gasteiger partial charge on any atom is -0.377 e. The predicted molar refractivity (Wildman–Crippen MR) is 76.9 cm³/mol. The van der Waals surface area contributed by atoms with E-state index in [4.69, 9.17) is 10.5 Å². The van der Waals surface area contributed by atoms with Gasteiger partial charge in [-0.3, -0.25) is 0 Å². The van der Waals surface area contributed by atoms with Gasteiger partial charge < -0.3 is 10.5 Å². The molecule has 5 nitrogen and oxygen atoms in total. The second-order valence-electron chi connectivity index (χ2n) is 5.54. The molecular formula is C14H28N4O. The first-order valence-corrected chi connectivity index (χ1v) is 7.16. The SMILES string of the molecule is CCC(CC)(OC)C(N)Cc1ncnn1CC(C)C. The number of rotatable bonds is 8. The van der Waals surface area contributed by atoms with Gasteiger partial charge in [0, 0.05) is 26.1 Å². The highest BCUT2D eigenvalue weighted by Gasteiger charge is 2.34. The predicted octanol–water partition coefficient (Wildman–Crippen LogP) is 2.01. The maximum atomic E-state index is 6.37. The van der Waals surface area contributed by atoms with Gasteiger partial charge in [0.15, 0.2) is 0 Å². The summed E-state index contributed by atoms with van der Waals surface area (Å²) in [5.74, 6) is 1.49. The fourth-order valence-electron chi connectivity index (χ4n) is 2.54. The van der Waals surface area contributed by atoms with E-state index in [0.717, 1.165) is 25.2 Å². The summed E-state index contributed by atoms with van der Waals surface area (Å²) in [7, 11) is 1.74. The van der Waals surface area contributed by atoms with Gasteiger partial charge in [-0.15, -0.1) is 0 Å². The molecule has 0 aliphatic rings. The van der Waals surface area contributed by atoms with Crippen LogP contribution in [0.1, 0.15) is 46.4 Å². The second kappa shape index (κ2) is 7.01. The molecule has 0 saturated heterocycles. The third-order valence-corrected chi connectivity index (χ3v) is 3.92. The number of methoxy groups -OCH3 is 1. The van der Waals surface area contributed by atoms with Gasteiger partial charge in [-0.2, -0.15) is 5.10 Å². The van der Waals surface area contributed by atoms with Gasteiger partial charge in [0.2, 0.25) is 0 Å². The van der Waals surface area contributed by atoms with Crippen LogP contribution in [0.25, 0.3) is 0 Å². The Hall–Kier alpha value is -0.940. The summed E-state index contributed by atoms with van der Waals surface area (Å²) in [4.78, 5) is 4.34. The van der Waals surface area contributed by atoms with Crippen LogP contribution >= 0.6 is 0 Å². The van der Waals surface area contributed by atoms with Crippen LogP contribution in [-0.2, 0) is 17.7 Å². The van der Waals surface area contributed by atoms with Crippen molar-refractivity contribution in [1.29, 1.82) is 0 Å². The number of aromatic nitrogens is 3. The van der Waals surface area contributed by atoms with Crippen LogP contribution in [0.15, 0.2) is 6.33 Å². The van der Waals surface area contributed by atoms with E-state index in [2.05, 4.69) is 37.8 Å². The van der Waals surface area contributed by atoms with E-state index in [-0.39, 0.29) is 11.6 Å². The number of ether oxygens (including phenoxy) is 1. The lowest BCUT2D eigenvalue weighted by Gasteiger charge is -2.36. The Morgan fingerprint density at radius 1 is 1.37 bits per heavy atom. The molecule has 0 radical (unpaired) electrons. The summed E-state index contributed by atoms with van der Waals surface area (Å²) in [6.45, 7) is 9.45. The van der Waals surface area contributed by atoms with Crippen molar-refractivity contribution in [2.75, 3.05) is 7.11 Å². The Kier molecular flexibility index (Phi) is 5.94. The van der Waals surface area contributed by atoms with Crippen LogP contribution in [0.4, 0.5) is 0 Å². The van der Waals surface area contributed by atoms with E-state index < -0.39 is 0 Å². The minimum absolute atomic E-state index is 0.0670. The molecule has 1 atom stereocenters. The standard InChI is InChI=1S/C14H28N4O/c1-6-14(7-2,19-5)12(15)8-13-16-10-17-18(13)9-11(3)4/h10-12H,6-9,15H2,1-5H3. The monoisotopic (exact) mass is 268 g/mol. The van der Waals surface area contributed by atoms with Gasteiger partial charge in [-0.05, 0) is 18.8 Å². The van der Waals surface area contributed by atoms with E-state index in [1.165, 1.54) is 0 Å². The summed E-state index contributed by atoms with van der Waals surface area (Å²) < 4.78 is 7.64. The Balaban J connectivity index is 2.81. The smallest absolute Gasteiger partial charge is 0.138 e. The molecule has 0 fully saturated rings. The molecule has 1 aromatic rings. The normalized spacial score (nSPS) is 14.1. The molecule has 0 bridgehead atoms. The van der Waals surface area contributed by atoms with Gasteiger partial charge in [0.25, 0.3) is 0 Å². The van der Waals surface area contributed by atoms with E-state index in [0.29, 0.717) is 12.3 Å². The van der Waals surface area contributed by atoms with Crippen molar-refractivity contribution in [3.05, 3.63) is 12.2 Å². The van der Waals surface area contributed by atoms with E-state index in [1.54, 1.807) is 13.4 Å². The first-order chi connectivity index (χ1) is 8.99. The van der Waals surface area contributed by atoms with Gasteiger partial charge in [-0.1, -0.05) is 27.7 Å². The van der Waals surface area contributed by atoms with Gasteiger partial charge in [-0.25, -0.2) is 9.67 Å². The zero-order chi connectivity index (χ0) is 14.5. The van der Waals surface area contributed by atoms with Gasteiger partial charge in [0.05, 0.1) is 5.60 Å². The maximum Gasteiger partial charge on any atom is 0.138 e. The average molecular weight is 268 g/mol. The maximum absolute atomic E-state index is 6.37. The number of hydrogen-bond acceptors (Lipinski definition) is 4. The fraction of sp³-hybridized carbons (Fsp3) is 0.857. The zero-order valence-corrected chi connectivity index (χ0v) is 12.9. The van der Waals surface area contributed by atoms with Crippen molar-refractivity contribution in [1.82, 2.24) is 14.8 Å². The highest BCUT2D eigenvalue weighted by molar-refractivity contribution is 4.98. The first kappa shape index (κ1) is 16.1. The average Bonchev–Trinajstić information content (AvgIpc) is 2.79. The van der Waals surface area contributed by atoms with E-state index in [1.807, 2.05) is 4.68 Å². The topological polar surface area (TPSA) is 66.0 Å². The second-order valence-corrected chi connectivity index (χ2v) is 5.54. The molecule has 1 heterocycles. The molecule has 1 unspecified atom stereocenters. The summed E-state index contributed by atoms with van der Waals surface area (Å²) in [6.07, 6.45) is 4.11. The first-order valence-electron chi connectivity index (χ1n) is 7.16. The molecule has 110 valence electrons. The molecule has 1 rings (SSSR count). The molecule has 0 saturated carbocycles. The Labute approximate surface area is 116 Å². The molecular weight excluding hydrogens is 240 g/mol. The quantitative estimate of drug-likeness (QED) is 0.783. The molecule has 0 aliphatic heterocycles. The molecule has 0 amide bonds.